The van der Waals surface area contributed by atoms with E-state index in [-0.39, 0.29) is 5.41 Å². The van der Waals surface area contributed by atoms with Crippen molar-refractivity contribution in [1.82, 2.24) is 4.98 Å². The van der Waals surface area contributed by atoms with Crippen molar-refractivity contribution in [2.24, 2.45) is 0 Å². The number of phenols is 1. The highest BCUT2D eigenvalue weighted by Gasteiger charge is 2.40. The van der Waals surface area contributed by atoms with E-state index in [9.17, 15) is 5.11 Å². The van der Waals surface area contributed by atoms with Gasteiger partial charge in [0, 0.05) is 11.6 Å². The van der Waals surface area contributed by atoms with Gasteiger partial charge in [0.1, 0.15) is 18.1 Å². The lowest BCUT2D eigenvalue weighted by Gasteiger charge is -2.43. The lowest BCUT2D eigenvalue weighted by Crippen LogP contribution is -2.35. The number of pyridine rings is 1. The van der Waals surface area contributed by atoms with E-state index in [1.807, 2.05) is 42.5 Å². The van der Waals surface area contributed by atoms with Gasteiger partial charge in [-0.15, -0.1) is 0 Å². The zero-order chi connectivity index (χ0) is 17.1. The molecule has 0 bridgehead atoms. The monoisotopic (exact) mass is 331 g/mol. The molecular formula is C22H21NO2. The largest absolute Gasteiger partial charge is 0.508 e. The molecule has 1 aliphatic carbocycles. The number of benzene rings is 2. The molecule has 0 aliphatic heterocycles. The van der Waals surface area contributed by atoms with Gasteiger partial charge in [-0.05, 0) is 60.4 Å². The molecule has 1 fully saturated rings. The summed E-state index contributed by atoms with van der Waals surface area (Å²) in [4.78, 5) is 4.27. The Balaban J connectivity index is 1.51. The molecule has 3 heteroatoms. The van der Waals surface area contributed by atoms with Crippen LogP contribution in [-0.4, -0.2) is 10.1 Å². The van der Waals surface area contributed by atoms with Crippen LogP contribution >= 0.6 is 0 Å². The van der Waals surface area contributed by atoms with Crippen LogP contribution in [0.3, 0.4) is 0 Å². The number of nitrogens with zero attached hydrogens (tertiary/aromatic N) is 1. The number of aromatic hydroxyl groups is 1. The van der Waals surface area contributed by atoms with E-state index in [0.717, 1.165) is 24.3 Å². The van der Waals surface area contributed by atoms with Crippen LogP contribution in [0.5, 0.6) is 11.5 Å². The van der Waals surface area contributed by atoms with Crippen LogP contribution < -0.4 is 4.74 Å². The van der Waals surface area contributed by atoms with Crippen LogP contribution in [0.15, 0.2) is 72.9 Å². The Hall–Kier alpha value is -2.81. The first-order valence-corrected chi connectivity index (χ1v) is 8.69. The molecule has 25 heavy (non-hydrogen) atoms. The number of hydrogen-bond acceptors (Lipinski definition) is 3. The molecule has 0 unspecified atom stereocenters. The summed E-state index contributed by atoms with van der Waals surface area (Å²) in [5.74, 6) is 1.17. The molecular weight excluding hydrogens is 310 g/mol. The highest BCUT2D eigenvalue weighted by atomic mass is 16.5. The average Bonchev–Trinajstić information content (AvgIpc) is 2.63. The average molecular weight is 331 g/mol. The number of hydrogen-bond donors (Lipinski definition) is 1. The molecule has 2 aromatic carbocycles. The smallest absolute Gasteiger partial charge is 0.130 e. The highest BCUT2D eigenvalue weighted by molar-refractivity contribution is 5.45. The highest BCUT2D eigenvalue weighted by Crippen LogP contribution is 2.49. The first-order valence-electron chi connectivity index (χ1n) is 8.69. The van der Waals surface area contributed by atoms with Crippen molar-refractivity contribution in [3.05, 3.63) is 89.7 Å². The molecule has 3 aromatic rings. The third-order valence-corrected chi connectivity index (χ3v) is 5.15. The molecule has 3 nitrogen and oxygen atoms in total. The van der Waals surface area contributed by atoms with E-state index in [2.05, 4.69) is 17.1 Å². The van der Waals surface area contributed by atoms with E-state index >= 15 is 0 Å². The predicted octanol–water partition coefficient (Wildman–Crippen LogP) is 4.84. The van der Waals surface area contributed by atoms with Crippen LogP contribution in [0.2, 0.25) is 0 Å². The second kappa shape index (κ2) is 6.60. The van der Waals surface area contributed by atoms with E-state index < -0.39 is 0 Å². The van der Waals surface area contributed by atoms with Gasteiger partial charge in [-0.25, -0.2) is 0 Å². The van der Waals surface area contributed by atoms with E-state index in [1.54, 1.807) is 18.3 Å². The normalized spacial score (nSPS) is 15.4. The van der Waals surface area contributed by atoms with Crippen LogP contribution in [0.4, 0.5) is 0 Å². The maximum atomic E-state index is 9.55. The third-order valence-electron chi connectivity index (χ3n) is 5.15. The van der Waals surface area contributed by atoms with Gasteiger partial charge in [0.2, 0.25) is 0 Å². The second-order valence-electron chi connectivity index (χ2n) is 6.62. The zero-order valence-corrected chi connectivity index (χ0v) is 14.1. The quantitative estimate of drug-likeness (QED) is 0.727. The minimum Gasteiger partial charge on any atom is -0.508 e. The van der Waals surface area contributed by atoms with Gasteiger partial charge in [-0.2, -0.15) is 0 Å². The topological polar surface area (TPSA) is 42.4 Å². The van der Waals surface area contributed by atoms with Gasteiger partial charge in [-0.3, -0.25) is 4.98 Å². The number of aromatic nitrogens is 1. The standard InChI is InChI=1S/C22H21NO2/c24-20-9-5-17(6-10-20)22(13-3-14-22)18-7-11-21(12-8-18)25-16-19-4-1-2-15-23-19/h1-2,4-12,15,24H,3,13-14,16H2. The van der Waals surface area contributed by atoms with Gasteiger partial charge >= 0.3 is 0 Å². The lowest BCUT2D eigenvalue weighted by molar-refractivity contribution is 0.294. The summed E-state index contributed by atoms with van der Waals surface area (Å²) in [5.41, 5.74) is 3.59. The third kappa shape index (κ3) is 3.10. The summed E-state index contributed by atoms with van der Waals surface area (Å²) in [6.45, 7) is 0.475. The Labute approximate surface area is 147 Å². The molecule has 1 aromatic heterocycles. The summed E-state index contributed by atoms with van der Waals surface area (Å²) in [5, 5.41) is 9.55. The van der Waals surface area contributed by atoms with Crippen molar-refractivity contribution in [3.8, 4) is 11.5 Å². The van der Waals surface area contributed by atoms with Crippen molar-refractivity contribution < 1.29 is 9.84 Å². The molecule has 0 radical (unpaired) electrons. The number of ether oxygens (including phenoxy) is 1. The molecule has 0 atom stereocenters. The summed E-state index contributed by atoms with van der Waals surface area (Å²) < 4.78 is 5.84. The maximum absolute atomic E-state index is 9.55. The van der Waals surface area contributed by atoms with Crippen molar-refractivity contribution in [3.63, 3.8) is 0 Å². The minimum absolute atomic E-state index is 0.0766. The Bertz CT molecular complexity index is 822. The molecule has 1 heterocycles. The van der Waals surface area contributed by atoms with Crippen molar-refractivity contribution >= 4 is 0 Å². The van der Waals surface area contributed by atoms with E-state index in [0.29, 0.717) is 12.4 Å². The summed E-state index contributed by atoms with van der Waals surface area (Å²) >= 11 is 0. The van der Waals surface area contributed by atoms with Gasteiger partial charge in [0.25, 0.3) is 0 Å². The Morgan fingerprint density at radius 1 is 0.880 bits per heavy atom. The molecule has 0 saturated heterocycles. The zero-order valence-electron chi connectivity index (χ0n) is 14.1. The molecule has 1 aliphatic rings. The van der Waals surface area contributed by atoms with E-state index in [4.69, 9.17) is 4.74 Å². The van der Waals surface area contributed by atoms with Crippen LogP contribution in [0, 0.1) is 0 Å². The second-order valence-corrected chi connectivity index (χ2v) is 6.62. The van der Waals surface area contributed by atoms with Crippen LogP contribution in [0.25, 0.3) is 0 Å². The van der Waals surface area contributed by atoms with E-state index in [1.165, 1.54) is 17.5 Å². The Morgan fingerprint density at radius 2 is 1.56 bits per heavy atom. The van der Waals surface area contributed by atoms with Crippen LogP contribution in [0.1, 0.15) is 36.1 Å². The Morgan fingerprint density at radius 3 is 2.12 bits per heavy atom. The number of phenolic OH excluding ortho intramolecular Hbond substituents is 1. The van der Waals surface area contributed by atoms with Gasteiger partial charge in [0.05, 0.1) is 5.69 Å². The molecule has 0 amide bonds. The van der Waals surface area contributed by atoms with Gasteiger partial charge in [-0.1, -0.05) is 36.8 Å². The number of rotatable bonds is 5. The molecule has 126 valence electrons. The Kier molecular flexibility index (Phi) is 4.14. The summed E-state index contributed by atoms with van der Waals surface area (Å²) in [6.07, 6.45) is 5.30. The maximum Gasteiger partial charge on any atom is 0.130 e. The molecule has 1 saturated carbocycles. The first-order chi connectivity index (χ1) is 12.3. The van der Waals surface area contributed by atoms with Crippen molar-refractivity contribution in [2.45, 2.75) is 31.3 Å². The fraction of sp³-hybridized carbons (Fsp3) is 0.227. The summed E-state index contributed by atoms with van der Waals surface area (Å²) in [6, 6.07) is 21.9. The lowest BCUT2D eigenvalue weighted by atomic mass is 9.60. The molecule has 1 N–H and O–H groups in total. The fourth-order valence-corrected chi connectivity index (χ4v) is 3.57. The molecule has 0 spiro atoms. The SMILES string of the molecule is Oc1ccc(C2(c3ccc(OCc4ccccn4)cc3)CCC2)cc1. The van der Waals surface area contributed by atoms with Crippen molar-refractivity contribution in [1.29, 1.82) is 0 Å². The van der Waals surface area contributed by atoms with Crippen molar-refractivity contribution in [2.75, 3.05) is 0 Å². The van der Waals surface area contributed by atoms with Gasteiger partial charge in [0.15, 0.2) is 0 Å². The summed E-state index contributed by atoms with van der Waals surface area (Å²) in [7, 11) is 0. The van der Waals surface area contributed by atoms with Gasteiger partial charge < -0.3 is 9.84 Å². The fourth-order valence-electron chi connectivity index (χ4n) is 3.57. The molecule has 4 rings (SSSR count). The minimum atomic E-state index is 0.0766. The van der Waals surface area contributed by atoms with Crippen LogP contribution in [-0.2, 0) is 12.0 Å². The predicted molar refractivity (Wildman–Crippen MR) is 97.7 cm³/mol. The first kappa shape index (κ1) is 15.7.